The highest BCUT2D eigenvalue weighted by Crippen LogP contribution is 2.40. The number of terminal acetylenes is 1. The van der Waals surface area contributed by atoms with E-state index in [-0.39, 0.29) is 18.0 Å². The molecule has 0 radical (unpaired) electrons. The molecule has 1 amide bonds. The van der Waals surface area contributed by atoms with Gasteiger partial charge >= 0.3 is 0 Å². The van der Waals surface area contributed by atoms with Gasteiger partial charge in [-0.25, -0.2) is 4.98 Å². The molecule has 3 heterocycles. The van der Waals surface area contributed by atoms with Crippen LogP contribution in [0.25, 0.3) is 0 Å². The predicted octanol–water partition coefficient (Wildman–Crippen LogP) is 3.13. The number of anilines is 3. The predicted molar refractivity (Wildman–Crippen MR) is 125 cm³/mol. The average molecular weight is 425 g/mol. The molecule has 3 aliphatic rings. The van der Waals surface area contributed by atoms with Crippen LogP contribution < -0.4 is 15.1 Å². The van der Waals surface area contributed by atoms with E-state index in [9.17, 15) is 4.79 Å². The number of nitrogens with zero attached hydrogens (tertiary/aromatic N) is 5. The summed E-state index contributed by atoms with van der Waals surface area (Å²) < 4.78 is 0. The third kappa shape index (κ3) is 4.36. The Labute approximate surface area is 186 Å². The number of rotatable bonds is 6. The largest absolute Gasteiger partial charge is 0.351 e. The first-order valence-corrected chi connectivity index (χ1v) is 11.9. The first-order chi connectivity index (χ1) is 15.0. The molecule has 1 aromatic heterocycles. The number of nitrogens with one attached hydrogen (secondary N) is 1. The Hall–Kier alpha value is -2.33. The molecular formula is C24H36N6O. The van der Waals surface area contributed by atoms with Crippen molar-refractivity contribution in [2.24, 2.45) is 5.92 Å². The van der Waals surface area contributed by atoms with Gasteiger partial charge in [0.1, 0.15) is 11.7 Å². The van der Waals surface area contributed by atoms with Crippen LogP contribution in [0.4, 0.5) is 17.5 Å². The van der Waals surface area contributed by atoms with E-state index >= 15 is 0 Å². The molecule has 2 aliphatic heterocycles. The zero-order valence-electron chi connectivity index (χ0n) is 19.2. The highest BCUT2D eigenvalue weighted by molar-refractivity contribution is 6.04. The number of hydrogen-bond donors (Lipinski definition) is 1. The van der Waals surface area contributed by atoms with E-state index in [4.69, 9.17) is 11.4 Å². The summed E-state index contributed by atoms with van der Waals surface area (Å²) in [5.74, 6) is 5.05. The van der Waals surface area contributed by atoms with Crippen molar-refractivity contribution in [3.63, 3.8) is 0 Å². The summed E-state index contributed by atoms with van der Waals surface area (Å²) in [5.41, 5.74) is 0.822. The van der Waals surface area contributed by atoms with Crippen molar-refractivity contribution in [3.05, 3.63) is 6.20 Å². The monoisotopic (exact) mass is 424 g/mol. The fourth-order valence-electron chi connectivity index (χ4n) is 5.51. The molecular weight excluding hydrogens is 388 g/mol. The van der Waals surface area contributed by atoms with Crippen LogP contribution in [0, 0.1) is 18.3 Å². The van der Waals surface area contributed by atoms with Crippen LogP contribution in [-0.4, -0.2) is 65.6 Å². The number of hydrogen-bond acceptors (Lipinski definition) is 6. The van der Waals surface area contributed by atoms with E-state index in [0.29, 0.717) is 17.9 Å². The molecule has 4 rings (SSSR count). The summed E-state index contributed by atoms with van der Waals surface area (Å²) >= 11 is 0. The van der Waals surface area contributed by atoms with Crippen molar-refractivity contribution in [2.75, 3.05) is 41.8 Å². The normalized spacial score (nSPS) is 24.2. The Morgan fingerprint density at radius 2 is 1.97 bits per heavy atom. The Morgan fingerprint density at radius 1 is 1.26 bits per heavy atom. The van der Waals surface area contributed by atoms with E-state index in [2.05, 4.69) is 39.9 Å². The highest BCUT2D eigenvalue weighted by atomic mass is 16.2. The van der Waals surface area contributed by atoms with Crippen LogP contribution in [0.3, 0.4) is 0 Å². The van der Waals surface area contributed by atoms with Crippen LogP contribution in [0.5, 0.6) is 0 Å². The summed E-state index contributed by atoms with van der Waals surface area (Å²) in [6.07, 6.45) is 15.0. The van der Waals surface area contributed by atoms with Crippen LogP contribution in [0.1, 0.15) is 58.8 Å². The first kappa shape index (κ1) is 21.9. The Bertz CT molecular complexity index is 822. The van der Waals surface area contributed by atoms with Gasteiger partial charge in [-0.3, -0.25) is 9.69 Å². The van der Waals surface area contributed by atoms with E-state index in [1.807, 2.05) is 13.2 Å². The third-order valence-electron chi connectivity index (χ3n) is 7.42. The Kier molecular flexibility index (Phi) is 6.66. The summed E-state index contributed by atoms with van der Waals surface area (Å²) in [4.78, 5) is 29.0. The smallest absolute Gasteiger partial charge is 0.249 e. The molecule has 0 bridgehead atoms. The van der Waals surface area contributed by atoms with Crippen molar-refractivity contribution in [1.82, 2.24) is 14.9 Å². The van der Waals surface area contributed by atoms with E-state index in [1.165, 1.54) is 12.8 Å². The van der Waals surface area contributed by atoms with Gasteiger partial charge in [-0.1, -0.05) is 25.7 Å². The molecule has 0 aromatic carbocycles. The van der Waals surface area contributed by atoms with Crippen LogP contribution in [0.2, 0.25) is 0 Å². The van der Waals surface area contributed by atoms with E-state index in [0.717, 1.165) is 63.2 Å². The lowest BCUT2D eigenvalue weighted by molar-refractivity contribution is -0.120. The van der Waals surface area contributed by atoms with Gasteiger partial charge in [-0.05, 0) is 58.0 Å². The van der Waals surface area contributed by atoms with Crippen molar-refractivity contribution in [1.29, 1.82) is 0 Å². The summed E-state index contributed by atoms with van der Waals surface area (Å²) in [7, 11) is 1.85. The number of likely N-dealkylation sites (tertiary alicyclic amines) is 1. The Morgan fingerprint density at radius 3 is 2.61 bits per heavy atom. The van der Waals surface area contributed by atoms with Gasteiger partial charge < -0.3 is 15.1 Å². The van der Waals surface area contributed by atoms with Crippen LogP contribution >= 0.6 is 0 Å². The molecule has 7 nitrogen and oxygen atoms in total. The Balaban J connectivity index is 1.53. The maximum Gasteiger partial charge on any atom is 0.249 e. The zero-order valence-corrected chi connectivity index (χ0v) is 19.2. The number of likely N-dealkylation sites (N-methyl/N-ethyl adjacent to an activating group) is 1. The second kappa shape index (κ2) is 9.44. The minimum atomic E-state index is -0.138. The molecule has 1 aromatic rings. The molecule has 2 atom stereocenters. The van der Waals surface area contributed by atoms with Gasteiger partial charge in [-0.15, -0.1) is 6.42 Å². The number of carbonyl (C=O) groups excluding carboxylic acids is 1. The molecule has 7 heteroatoms. The molecule has 1 saturated carbocycles. The second-order valence-corrected chi connectivity index (χ2v) is 9.32. The van der Waals surface area contributed by atoms with Crippen molar-refractivity contribution in [3.8, 4) is 12.3 Å². The number of amides is 1. The van der Waals surface area contributed by atoms with Gasteiger partial charge in [0.15, 0.2) is 5.82 Å². The number of aromatic nitrogens is 2. The standard InChI is InChI=1S/C24H36N6O/c1-5-13-29-14-11-18(12-15-29)17(3)26-24-25-16-21-22(27-24)30(19-9-7-8-10-19)20(6-2)23(31)28(21)4/h1,16-20H,6-15H2,2-4H3,(H,25,26,27). The van der Waals surface area contributed by atoms with Crippen LogP contribution in [0.15, 0.2) is 6.20 Å². The molecule has 2 unspecified atom stereocenters. The summed E-state index contributed by atoms with van der Waals surface area (Å²) in [6.45, 7) is 7.16. The van der Waals surface area contributed by atoms with Gasteiger partial charge in [0, 0.05) is 19.1 Å². The maximum absolute atomic E-state index is 13.0. The van der Waals surface area contributed by atoms with E-state index in [1.54, 1.807) is 4.90 Å². The van der Waals surface area contributed by atoms with E-state index < -0.39 is 0 Å². The van der Waals surface area contributed by atoms with Gasteiger partial charge in [0.05, 0.1) is 12.7 Å². The SMILES string of the molecule is C#CCN1CCC(C(C)Nc2ncc3c(n2)N(C2CCCC2)C(CC)C(=O)N3C)CC1. The van der Waals surface area contributed by atoms with Crippen LogP contribution in [-0.2, 0) is 4.79 Å². The minimum absolute atomic E-state index is 0.138. The fraction of sp³-hybridized carbons (Fsp3) is 0.708. The molecule has 1 saturated heterocycles. The quantitative estimate of drug-likeness (QED) is 0.708. The lowest BCUT2D eigenvalue weighted by Gasteiger charge is -2.43. The molecule has 1 N–H and O–H groups in total. The lowest BCUT2D eigenvalue weighted by atomic mass is 9.90. The topological polar surface area (TPSA) is 64.6 Å². The molecule has 1 aliphatic carbocycles. The third-order valence-corrected chi connectivity index (χ3v) is 7.42. The minimum Gasteiger partial charge on any atom is -0.351 e. The molecule has 2 fully saturated rings. The maximum atomic E-state index is 13.0. The van der Waals surface area contributed by atoms with Crippen molar-refractivity contribution < 1.29 is 4.79 Å². The summed E-state index contributed by atoms with van der Waals surface area (Å²) in [6, 6.07) is 0.541. The van der Waals surface area contributed by atoms with Gasteiger partial charge in [0.25, 0.3) is 0 Å². The summed E-state index contributed by atoms with van der Waals surface area (Å²) in [5, 5.41) is 3.57. The number of carbonyl (C=O) groups is 1. The van der Waals surface area contributed by atoms with Crippen molar-refractivity contribution in [2.45, 2.75) is 76.9 Å². The second-order valence-electron chi connectivity index (χ2n) is 9.32. The zero-order chi connectivity index (χ0) is 22.0. The van der Waals surface area contributed by atoms with Gasteiger partial charge in [0.2, 0.25) is 11.9 Å². The molecule has 0 spiro atoms. The average Bonchev–Trinajstić information content (AvgIpc) is 3.31. The van der Waals surface area contributed by atoms with Crippen molar-refractivity contribution >= 4 is 23.4 Å². The first-order valence-electron chi connectivity index (χ1n) is 11.9. The number of piperidine rings is 1. The van der Waals surface area contributed by atoms with Gasteiger partial charge in [-0.2, -0.15) is 4.98 Å². The fourth-order valence-corrected chi connectivity index (χ4v) is 5.51. The highest BCUT2D eigenvalue weighted by Gasteiger charge is 2.41. The number of fused-ring (bicyclic) bond motifs is 1. The lowest BCUT2D eigenvalue weighted by Crippen LogP contribution is -2.55. The molecule has 168 valence electrons. The molecule has 31 heavy (non-hydrogen) atoms.